The van der Waals surface area contributed by atoms with Gasteiger partial charge in [-0.2, -0.15) is 0 Å². The number of aldehydes is 1. The predicted molar refractivity (Wildman–Crippen MR) is 246 cm³/mol. The van der Waals surface area contributed by atoms with E-state index in [1.807, 2.05) is 25.8 Å². The van der Waals surface area contributed by atoms with Crippen LogP contribution in [-0.4, -0.2) is 99.9 Å². The predicted octanol–water partition coefficient (Wildman–Crippen LogP) is 11.7. The van der Waals surface area contributed by atoms with Crippen molar-refractivity contribution in [2.24, 2.45) is 5.92 Å². The average Bonchev–Trinajstić information content (AvgIpc) is 3.43. The molecule has 0 aromatic heterocycles. The number of carbonyl (C=O) groups is 4. The zero-order valence-corrected chi connectivity index (χ0v) is 39.4. The molecule has 9 heteroatoms. The first-order valence-electron chi connectivity index (χ1n) is 24.7. The molecule has 1 aliphatic heterocycles. The van der Waals surface area contributed by atoms with Gasteiger partial charge in [-0.15, -0.1) is 0 Å². The number of Topliss-reactive ketones (excluding diaryl/α,β-unsaturated/α-hetero) is 1. The van der Waals surface area contributed by atoms with Gasteiger partial charge in [-0.05, 0) is 26.8 Å². The normalized spacial score (nSPS) is 14.2. The number of ether oxygens (including phenoxy) is 2. The maximum absolute atomic E-state index is 12.9. The van der Waals surface area contributed by atoms with Crippen molar-refractivity contribution in [3.63, 3.8) is 0 Å². The molecular formula is C49H97N3O6. The van der Waals surface area contributed by atoms with Gasteiger partial charge in [0, 0.05) is 52.0 Å². The van der Waals surface area contributed by atoms with Crippen LogP contribution >= 0.6 is 0 Å². The maximum atomic E-state index is 12.9. The summed E-state index contributed by atoms with van der Waals surface area (Å²) >= 11 is 0. The van der Waals surface area contributed by atoms with E-state index in [-0.39, 0.29) is 23.5 Å². The molecule has 0 spiro atoms. The Morgan fingerprint density at radius 2 is 1.00 bits per heavy atom. The highest BCUT2D eigenvalue weighted by Crippen LogP contribution is 2.16. The first kappa shape index (κ1) is 58.3. The summed E-state index contributed by atoms with van der Waals surface area (Å²) in [6.07, 6.45) is 37.5. The molecule has 1 N–H and O–H groups in total. The number of nitrogens with one attached hydrogen (secondary N) is 1. The third kappa shape index (κ3) is 42.3. The topological polar surface area (TPSA) is 105 Å². The molecular weight excluding hydrogens is 727 g/mol. The third-order valence-electron chi connectivity index (χ3n) is 10.9. The zero-order chi connectivity index (χ0) is 43.2. The second kappa shape index (κ2) is 47.8. The molecule has 0 saturated carbocycles. The minimum absolute atomic E-state index is 0.0242. The summed E-state index contributed by atoms with van der Waals surface area (Å²) in [5, 5.41) is 2.96. The van der Waals surface area contributed by atoms with Gasteiger partial charge in [0.25, 0.3) is 0 Å². The SMILES string of the molecule is CC.CCCCCCCCCCCCCCCC(=O)N1CCN(C)CC(C(=O)NCCOCCOCCC(C)=O)C1.CCCCCCCCCCCCCCCC=O. The number of likely N-dealkylation sites (N-methyl/N-ethyl adjacent to an activating group) is 1. The second-order valence-corrected chi connectivity index (χ2v) is 16.5. The van der Waals surface area contributed by atoms with Crippen LogP contribution in [-0.2, 0) is 28.7 Å². The number of hydrogen-bond acceptors (Lipinski definition) is 7. The number of rotatable bonds is 38. The van der Waals surface area contributed by atoms with Crippen LogP contribution in [0.15, 0.2) is 0 Å². The monoisotopic (exact) mass is 824 g/mol. The zero-order valence-electron chi connectivity index (χ0n) is 39.4. The molecule has 9 nitrogen and oxygen atoms in total. The molecule has 0 aliphatic carbocycles. The number of amides is 2. The fraction of sp³-hybridized carbons (Fsp3) is 0.918. The maximum Gasteiger partial charge on any atom is 0.226 e. The summed E-state index contributed by atoms with van der Waals surface area (Å²) in [4.78, 5) is 50.7. The first-order valence-corrected chi connectivity index (χ1v) is 24.7. The van der Waals surface area contributed by atoms with Crippen LogP contribution < -0.4 is 5.32 Å². The van der Waals surface area contributed by atoms with E-state index >= 15 is 0 Å². The molecule has 1 fully saturated rings. The van der Waals surface area contributed by atoms with Crippen molar-refractivity contribution in [1.29, 1.82) is 0 Å². The Bertz CT molecular complexity index is 904. The molecule has 58 heavy (non-hydrogen) atoms. The van der Waals surface area contributed by atoms with Gasteiger partial charge in [0.2, 0.25) is 11.8 Å². The highest BCUT2D eigenvalue weighted by Gasteiger charge is 2.28. The number of ketones is 1. The molecule has 1 saturated heterocycles. The van der Waals surface area contributed by atoms with Crippen LogP contribution in [0.4, 0.5) is 0 Å². The molecule has 0 bridgehead atoms. The van der Waals surface area contributed by atoms with Gasteiger partial charge in [0.15, 0.2) is 0 Å². The first-order chi connectivity index (χ1) is 28.3. The smallest absolute Gasteiger partial charge is 0.226 e. The average molecular weight is 824 g/mol. The van der Waals surface area contributed by atoms with E-state index in [0.29, 0.717) is 65.4 Å². The molecule has 1 rings (SSSR count). The van der Waals surface area contributed by atoms with Crippen molar-refractivity contribution in [2.45, 2.75) is 221 Å². The van der Waals surface area contributed by atoms with Crippen molar-refractivity contribution in [3.8, 4) is 0 Å². The van der Waals surface area contributed by atoms with Crippen molar-refractivity contribution >= 4 is 23.9 Å². The van der Waals surface area contributed by atoms with E-state index in [0.717, 1.165) is 38.5 Å². The Kier molecular flexibility index (Phi) is 48.0. The molecule has 2 amide bonds. The van der Waals surface area contributed by atoms with Gasteiger partial charge in [0.05, 0.1) is 32.3 Å². The molecule has 0 aromatic rings. The molecule has 0 radical (unpaired) electrons. The van der Waals surface area contributed by atoms with Crippen LogP contribution in [0.1, 0.15) is 221 Å². The van der Waals surface area contributed by atoms with Gasteiger partial charge >= 0.3 is 0 Å². The van der Waals surface area contributed by atoms with Crippen LogP contribution in [0, 0.1) is 5.92 Å². The van der Waals surface area contributed by atoms with Crippen molar-refractivity contribution in [2.75, 3.05) is 66.2 Å². The van der Waals surface area contributed by atoms with E-state index in [9.17, 15) is 19.2 Å². The van der Waals surface area contributed by atoms with E-state index in [4.69, 9.17) is 9.47 Å². The lowest BCUT2D eigenvalue weighted by Gasteiger charge is -2.24. The van der Waals surface area contributed by atoms with Crippen LogP contribution in [0.25, 0.3) is 0 Å². The van der Waals surface area contributed by atoms with Crippen molar-refractivity contribution in [1.82, 2.24) is 15.1 Å². The Morgan fingerprint density at radius 1 is 0.569 bits per heavy atom. The summed E-state index contributed by atoms with van der Waals surface area (Å²) in [5.74, 6) is 0.0359. The van der Waals surface area contributed by atoms with Gasteiger partial charge in [-0.3, -0.25) is 14.4 Å². The highest BCUT2D eigenvalue weighted by molar-refractivity contribution is 5.81. The number of unbranched alkanes of at least 4 members (excludes halogenated alkanes) is 25. The summed E-state index contributed by atoms with van der Waals surface area (Å²) in [6.45, 7) is 14.8. The van der Waals surface area contributed by atoms with Gasteiger partial charge in [-0.1, -0.05) is 182 Å². The van der Waals surface area contributed by atoms with Crippen molar-refractivity contribution < 1.29 is 28.7 Å². The highest BCUT2D eigenvalue weighted by atomic mass is 16.5. The van der Waals surface area contributed by atoms with Crippen LogP contribution in [0.3, 0.4) is 0 Å². The van der Waals surface area contributed by atoms with E-state index in [1.165, 1.54) is 148 Å². The Balaban J connectivity index is 0. The number of hydrogen-bond donors (Lipinski definition) is 1. The van der Waals surface area contributed by atoms with E-state index in [1.54, 1.807) is 6.92 Å². The standard InChI is InChI=1S/C31H59N3O5.C16H32O.C2H6/c1-4-5-6-7-8-9-10-11-12-13-14-15-16-17-30(36)34-21-20-33(3)26-29(27-34)31(37)32-19-23-39-25-24-38-22-18-28(2)35;1-2-3-4-5-6-7-8-9-10-11-12-13-14-15-16-17;1-2/h29H,4-27H2,1-3H3,(H,32,37);16H,2-15H2,1H3;1-2H3. The van der Waals surface area contributed by atoms with Crippen LogP contribution in [0.2, 0.25) is 0 Å². The largest absolute Gasteiger partial charge is 0.379 e. The molecule has 0 aromatic carbocycles. The summed E-state index contributed by atoms with van der Waals surface area (Å²) in [7, 11) is 2.01. The third-order valence-corrected chi connectivity index (χ3v) is 10.9. The van der Waals surface area contributed by atoms with Crippen molar-refractivity contribution in [3.05, 3.63) is 0 Å². The summed E-state index contributed by atoms with van der Waals surface area (Å²) in [6, 6.07) is 0. The lowest BCUT2D eigenvalue weighted by Crippen LogP contribution is -2.43. The molecule has 344 valence electrons. The molecule has 1 heterocycles. The van der Waals surface area contributed by atoms with Gasteiger partial charge < -0.3 is 29.4 Å². The lowest BCUT2D eigenvalue weighted by molar-refractivity contribution is -0.133. The molecule has 1 aliphatic rings. The fourth-order valence-electron chi connectivity index (χ4n) is 7.19. The Morgan fingerprint density at radius 3 is 1.45 bits per heavy atom. The van der Waals surface area contributed by atoms with Crippen LogP contribution in [0.5, 0.6) is 0 Å². The van der Waals surface area contributed by atoms with Gasteiger partial charge in [-0.25, -0.2) is 0 Å². The molecule has 1 atom stereocenters. The number of carbonyl (C=O) groups excluding carboxylic acids is 4. The molecule has 1 unspecified atom stereocenters. The second-order valence-electron chi connectivity index (χ2n) is 16.5. The minimum Gasteiger partial charge on any atom is -0.379 e. The lowest BCUT2D eigenvalue weighted by atomic mass is 10.0. The summed E-state index contributed by atoms with van der Waals surface area (Å²) < 4.78 is 10.8. The van der Waals surface area contributed by atoms with Gasteiger partial charge in [0.1, 0.15) is 12.1 Å². The Hall–Kier alpha value is -1.84. The van der Waals surface area contributed by atoms with E-state index in [2.05, 4.69) is 24.1 Å². The quantitative estimate of drug-likeness (QED) is 0.0488. The van der Waals surface area contributed by atoms with E-state index < -0.39 is 0 Å². The Labute approximate surface area is 359 Å². The number of nitrogens with zero attached hydrogens (tertiary/aromatic N) is 2. The fourth-order valence-corrected chi connectivity index (χ4v) is 7.19. The summed E-state index contributed by atoms with van der Waals surface area (Å²) in [5.41, 5.74) is 0. The minimum atomic E-state index is -0.233.